The van der Waals surface area contributed by atoms with Crippen molar-refractivity contribution in [1.29, 1.82) is 0 Å². The molecule has 4 nitrogen and oxygen atoms in total. The van der Waals surface area contributed by atoms with Gasteiger partial charge in [-0.25, -0.2) is 0 Å². The van der Waals surface area contributed by atoms with Crippen molar-refractivity contribution < 1.29 is 9.53 Å². The fourth-order valence-electron chi connectivity index (χ4n) is 2.03. The smallest absolute Gasteiger partial charge is 0.237 e. The first-order chi connectivity index (χ1) is 6.29. The molecule has 0 saturated carbocycles. The van der Waals surface area contributed by atoms with Gasteiger partial charge in [-0.05, 0) is 19.8 Å². The second kappa shape index (κ2) is 3.64. The van der Waals surface area contributed by atoms with E-state index in [2.05, 4.69) is 12.2 Å². The normalized spacial score (nSPS) is 31.3. The molecule has 2 saturated heterocycles. The maximum absolute atomic E-state index is 11.4. The Balaban J connectivity index is 1.94. The number of amides is 1. The molecule has 0 aliphatic carbocycles. The molecule has 2 heterocycles. The quantitative estimate of drug-likeness (QED) is 0.654. The molecule has 4 heteroatoms. The molecule has 0 aromatic carbocycles. The van der Waals surface area contributed by atoms with E-state index >= 15 is 0 Å². The van der Waals surface area contributed by atoms with E-state index in [1.54, 1.807) is 0 Å². The molecule has 2 fully saturated rings. The average molecular weight is 184 g/mol. The minimum atomic E-state index is 0.197. The van der Waals surface area contributed by atoms with E-state index in [0.717, 1.165) is 19.4 Å². The molecule has 74 valence electrons. The molecule has 1 amide bonds. The topological polar surface area (TPSA) is 41.6 Å². The minimum absolute atomic E-state index is 0.197. The summed E-state index contributed by atoms with van der Waals surface area (Å²) in [5.74, 6) is 0.197. The van der Waals surface area contributed by atoms with Crippen molar-refractivity contribution in [2.45, 2.75) is 31.9 Å². The van der Waals surface area contributed by atoms with Gasteiger partial charge in [-0.3, -0.25) is 10.1 Å². The highest BCUT2D eigenvalue weighted by Crippen LogP contribution is 2.20. The Hall–Kier alpha value is -0.610. The van der Waals surface area contributed by atoms with Crippen LogP contribution in [0.1, 0.15) is 19.8 Å². The molecule has 2 aliphatic heterocycles. The molecule has 0 spiro atoms. The fourth-order valence-corrected chi connectivity index (χ4v) is 2.03. The molecule has 13 heavy (non-hydrogen) atoms. The molecule has 1 N–H and O–H groups in total. The van der Waals surface area contributed by atoms with Gasteiger partial charge in [0.05, 0.1) is 25.4 Å². The first-order valence-corrected chi connectivity index (χ1v) is 4.91. The zero-order valence-electron chi connectivity index (χ0n) is 7.95. The van der Waals surface area contributed by atoms with E-state index in [1.807, 2.05) is 4.90 Å². The molecule has 0 bridgehead atoms. The van der Waals surface area contributed by atoms with Crippen LogP contribution in [0.5, 0.6) is 0 Å². The summed E-state index contributed by atoms with van der Waals surface area (Å²) in [4.78, 5) is 13.3. The van der Waals surface area contributed by atoms with Gasteiger partial charge >= 0.3 is 0 Å². The summed E-state index contributed by atoms with van der Waals surface area (Å²) in [5.41, 5.74) is 0. The molecule has 0 aromatic rings. The predicted octanol–water partition coefficient (Wildman–Crippen LogP) is -0.0568. The van der Waals surface area contributed by atoms with Gasteiger partial charge < -0.3 is 9.64 Å². The van der Waals surface area contributed by atoms with E-state index in [0.29, 0.717) is 13.2 Å². The molecule has 0 aromatic heterocycles. The van der Waals surface area contributed by atoms with Crippen molar-refractivity contribution in [2.24, 2.45) is 0 Å². The molecule has 2 unspecified atom stereocenters. The number of nitrogens with one attached hydrogen (secondary N) is 1. The van der Waals surface area contributed by atoms with Crippen LogP contribution in [-0.4, -0.2) is 42.8 Å². The molecule has 2 atom stereocenters. The SMILES string of the molecule is CC(C1CCCO1)N1CNCC1=O. The lowest BCUT2D eigenvalue weighted by Gasteiger charge is -2.27. The highest BCUT2D eigenvalue weighted by molar-refractivity contribution is 5.80. The number of hydrogen-bond acceptors (Lipinski definition) is 3. The summed E-state index contributed by atoms with van der Waals surface area (Å²) in [7, 11) is 0. The lowest BCUT2D eigenvalue weighted by molar-refractivity contribution is -0.130. The van der Waals surface area contributed by atoms with Crippen molar-refractivity contribution >= 4 is 5.91 Å². The third kappa shape index (κ3) is 1.69. The van der Waals surface area contributed by atoms with Crippen LogP contribution in [0.4, 0.5) is 0 Å². The highest BCUT2D eigenvalue weighted by Gasteiger charge is 2.32. The third-order valence-electron chi connectivity index (χ3n) is 2.87. The summed E-state index contributed by atoms with van der Waals surface area (Å²) in [6.07, 6.45) is 2.47. The van der Waals surface area contributed by atoms with Crippen molar-refractivity contribution in [3.8, 4) is 0 Å². The molecule has 2 aliphatic rings. The predicted molar refractivity (Wildman–Crippen MR) is 48.2 cm³/mol. The van der Waals surface area contributed by atoms with Gasteiger partial charge in [-0.1, -0.05) is 0 Å². The lowest BCUT2D eigenvalue weighted by Crippen LogP contribution is -2.42. The standard InChI is InChI=1S/C9H16N2O2/c1-7(8-3-2-4-13-8)11-6-10-5-9(11)12/h7-8,10H,2-6H2,1H3. The number of rotatable bonds is 2. The Bertz CT molecular complexity index is 202. The Morgan fingerprint density at radius 1 is 1.69 bits per heavy atom. The summed E-state index contributed by atoms with van der Waals surface area (Å²) in [5, 5.41) is 3.05. The van der Waals surface area contributed by atoms with Gasteiger partial charge in [-0.2, -0.15) is 0 Å². The largest absolute Gasteiger partial charge is 0.376 e. The first-order valence-electron chi connectivity index (χ1n) is 4.91. The van der Waals surface area contributed by atoms with E-state index in [1.165, 1.54) is 0 Å². The summed E-state index contributed by atoms with van der Waals surface area (Å²) >= 11 is 0. The van der Waals surface area contributed by atoms with Gasteiger partial charge in [0.1, 0.15) is 0 Å². The van der Waals surface area contributed by atoms with E-state index in [-0.39, 0.29) is 18.1 Å². The molecular formula is C9H16N2O2. The number of nitrogens with zero attached hydrogens (tertiary/aromatic N) is 1. The maximum Gasteiger partial charge on any atom is 0.237 e. The van der Waals surface area contributed by atoms with Gasteiger partial charge in [0, 0.05) is 6.61 Å². The van der Waals surface area contributed by atoms with E-state index < -0.39 is 0 Å². The van der Waals surface area contributed by atoms with Gasteiger partial charge in [0.25, 0.3) is 0 Å². The summed E-state index contributed by atoms with van der Waals surface area (Å²) in [6, 6.07) is 0.227. The van der Waals surface area contributed by atoms with Gasteiger partial charge in [0.15, 0.2) is 0 Å². The van der Waals surface area contributed by atoms with Crippen LogP contribution in [0.25, 0.3) is 0 Å². The van der Waals surface area contributed by atoms with Crippen LogP contribution in [0.3, 0.4) is 0 Å². The number of ether oxygens (including phenoxy) is 1. The number of carbonyl (C=O) groups excluding carboxylic acids is 1. The Morgan fingerprint density at radius 2 is 2.54 bits per heavy atom. The average Bonchev–Trinajstić information content (AvgIpc) is 2.72. The van der Waals surface area contributed by atoms with Crippen LogP contribution in [0.2, 0.25) is 0 Å². The molecule has 2 rings (SSSR count). The zero-order chi connectivity index (χ0) is 9.26. The fraction of sp³-hybridized carbons (Fsp3) is 0.889. The second-order valence-corrected chi connectivity index (χ2v) is 3.74. The Labute approximate surface area is 78.2 Å². The van der Waals surface area contributed by atoms with E-state index in [9.17, 15) is 4.79 Å². The van der Waals surface area contributed by atoms with Crippen LogP contribution in [-0.2, 0) is 9.53 Å². The number of carbonyl (C=O) groups is 1. The Morgan fingerprint density at radius 3 is 3.08 bits per heavy atom. The van der Waals surface area contributed by atoms with Gasteiger partial charge in [0.2, 0.25) is 5.91 Å². The van der Waals surface area contributed by atoms with E-state index in [4.69, 9.17) is 4.74 Å². The van der Waals surface area contributed by atoms with Crippen molar-refractivity contribution in [1.82, 2.24) is 10.2 Å². The number of hydrogen-bond donors (Lipinski definition) is 1. The van der Waals surface area contributed by atoms with Crippen LogP contribution in [0, 0.1) is 0 Å². The highest BCUT2D eigenvalue weighted by atomic mass is 16.5. The summed E-state index contributed by atoms with van der Waals surface area (Å²) in [6.45, 7) is 4.09. The maximum atomic E-state index is 11.4. The molecular weight excluding hydrogens is 168 g/mol. The molecule has 0 radical (unpaired) electrons. The van der Waals surface area contributed by atoms with Crippen LogP contribution >= 0.6 is 0 Å². The minimum Gasteiger partial charge on any atom is -0.376 e. The lowest BCUT2D eigenvalue weighted by atomic mass is 10.1. The zero-order valence-corrected chi connectivity index (χ0v) is 7.95. The van der Waals surface area contributed by atoms with Crippen molar-refractivity contribution in [3.05, 3.63) is 0 Å². The van der Waals surface area contributed by atoms with Crippen LogP contribution < -0.4 is 5.32 Å². The Kier molecular flexibility index (Phi) is 2.51. The monoisotopic (exact) mass is 184 g/mol. The van der Waals surface area contributed by atoms with Crippen molar-refractivity contribution in [2.75, 3.05) is 19.8 Å². The summed E-state index contributed by atoms with van der Waals surface area (Å²) < 4.78 is 5.55. The van der Waals surface area contributed by atoms with Gasteiger partial charge in [-0.15, -0.1) is 0 Å². The second-order valence-electron chi connectivity index (χ2n) is 3.74. The van der Waals surface area contributed by atoms with Crippen molar-refractivity contribution in [3.63, 3.8) is 0 Å². The van der Waals surface area contributed by atoms with Crippen LogP contribution in [0.15, 0.2) is 0 Å². The third-order valence-corrected chi connectivity index (χ3v) is 2.87. The first kappa shape index (κ1) is 8.97.